The van der Waals surface area contributed by atoms with Crippen LogP contribution in [0.4, 0.5) is 0 Å². The molecule has 5 rings (SSSR count). The molecule has 4 heterocycles. The number of Topliss-reactive ketones (excluding diaryl/α,β-unsaturated/α-hetero) is 3. The number of nitrogens with zero attached hydrogens (tertiary/aromatic N) is 5. The number of amides is 1. The van der Waals surface area contributed by atoms with Crippen LogP contribution in [-0.2, 0) is 47.7 Å². The number of hydrogen-bond donors (Lipinski definition) is 2. The van der Waals surface area contributed by atoms with E-state index in [0.29, 0.717) is 56.9 Å². The van der Waals surface area contributed by atoms with Crippen LogP contribution in [0.25, 0.3) is 0 Å². The van der Waals surface area contributed by atoms with Gasteiger partial charge < -0.3 is 38.8 Å². The summed E-state index contributed by atoms with van der Waals surface area (Å²) < 4.78 is 31.6. The number of piperidine rings is 1. The third-order valence-electron chi connectivity index (χ3n) is 15.2. The number of methoxy groups -OCH3 is 3. The number of tetrazole rings is 1. The van der Waals surface area contributed by atoms with Gasteiger partial charge in [0.1, 0.15) is 36.5 Å². The summed E-state index contributed by atoms with van der Waals surface area (Å²) in [6.45, 7) is 12.8. The third kappa shape index (κ3) is 14.2. The normalized spacial score (nSPS) is 38.8. The van der Waals surface area contributed by atoms with E-state index in [1.807, 2.05) is 58.1 Å². The van der Waals surface area contributed by atoms with E-state index in [1.54, 1.807) is 52.1 Å². The lowest BCUT2D eigenvalue weighted by Crippen LogP contribution is -2.61. The second-order valence-corrected chi connectivity index (χ2v) is 20.4. The monoisotopic (exact) mass is 966 g/mol. The largest absolute Gasteiger partial charge is 0.460 e. The van der Waals surface area contributed by atoms with E-state index in [0.717, 1.165) is 18.4 Å². The van der Waals surface area contributed by atoms with Gasteiger partial charge in [-0.1, -0.05) is 71.1 Å². The average Bonchev–Trinajstić information content (AvgIpc) is 3.88. The molecule has 1 aliphatic carbocycles. The first kappa shape index (κ1) is 55.7. The molecule has 1 aromatic rings. The zero-order valence-corrected chi connectivity index (χ0v) is 42.5. The summed E-state index contributed by atoms with van der Waals surface area (Å²) in [7, 11) is 4.62. The fraction of sp³-hybridized carbons (Fsp3) is 0.731. The van der Waals surface area contributed by atoms with Gasteiger partial charge in [0.2, 0.25) is 5.79 Å². The first-order chi connectivity index (χ1) is 32.8. The van der Waals surface area contributed by atoms with Crippen LogP contribution in [0, 0.1) is 35.5 Å². The fourth-order valence-corrected chi connectivity index (χ4v) is 10.7. The molecule has 1 saturated carbocycles. The van der Waals surface area contributed by atoms with Crippen molar-refractivity contribution in [2.24, 2.45) is 35.5 Å². The van der Waals surface area contributed by atoms with Gasteiger partial charge in [-0.05, 0) is 117 Å². The lowest BCUT2D eigenvalue weighted by Gasteiger charge is -2.42. The van der Waals surface area contributed by atoms with Crippen molar-refractivity contribution in [3.63, 3.8) is 0 Å². The lowest BCUT2D eigenvalue weighted by atomic mass is 9.77. The zero-order valence-electron chi connectivity index (χ0n) is 42.5. The molecule has 3 aliphatic heterocycles. The number of fused-ring (bicyclic) bond motifs is 3. The Morgan fingerprint density at radius 1 is 0.884 bits per heavy atom. The second-order valence-electron chi connectivity index (χ2n) is 20.4. The van der Waals surface area contributed by atoms with Gasteiger partial charge in [-0.15, -0.1) is 5.10 Å². The molecule has 3 fully saturated rings. The van der Waals surface area contributed by atoms with E-state index in [9.17, 15) is 34.2 Å². The summed E-state index contributed by atoms with van der Waals surface area (Å²) in [6, 6.07) is -1.19. The molecule has 69 heavy (non-hydrogen) atoms. The highest BCUT2D eigenvalue weighted by atomic mass is 16.6. The van der Waals surface area contributed by atoms with Crippen molar-refractivity contribution in [1.29, 1.82) is 0 Å². The van der Waals surface area contributed by atoms with Crippen molar-refractivity contribution in [3.05, 3.63) is 53.9 Å². The van der Waals surface area contributed by atoms with E-state index in [-0.39, 0.29) is 60.9 Å². The molecule has 2 bridgehead atoms. The second kappa shape index (κ2) is 25.7. The highest BCUT2D eigenvalue weighted by Crippen LogP contribution is 2.39. The summed E-state index contributed by atoms with van der Waals surface area (Å²) in [5.41, 5.74) is 1.27. The molecule has 17 heteroatoms. The SMILES string of the molecule is CO[C@H]1C[C@@H]2CC[C@@H](C)[C@@](O)(O2)C(=O)C(=O)N2CCCC[C@H]2C(=O)O[C@H]([C@H](C)C[C@@H]2CC[C@H](n3cnnn3)[C@H](OC)C2)CC(=O)[C@H](C)/C=C(/C)[C@@H](O)[C@@H](OC)C(=O)[C@H](C)C[C@H](C)\C=C/C=C\C=C/1C. The van der Waals surface area contributed by atoms with Gasteiger partial charge in [0.25, 0.3) is 11.7 Å². The Labute approximate surface area is 408 Å². The number of ether oxygens (including phenoxy) is 5. The van der Waals surface area contributed by atoms with E-state index < -0.39 is 77.8 Å². The smallest absolute Gasteiger partial charge is 0.329 e. The predicted octanol–water partition coefficient (Wildman–Crippen LogP) is 6.05. The number of hydrogen-bond acceptors (Lipinski definition) is 15. The molecule has 384 valence electrons. The summed E-state index contributed by atoms with van der Waals surface area (Å²) >= 11 is 0. The highest BCUT2D eigenvalue weighted by molar-refractivity contribution is 6.39. The van der Waals surface area contributed by atoms with Crippen LogP contribution in [-0.4, -0.2) is 141 Å². The molecule has 0 radical (unpaired) electrons. The van der Waals surface area contributed by atoms with Crippen molar-refractivity contribution in [1.82, 2.24) is 25.1 Å². The molecular weight excluding hydrogens is 887 g/mol. The zero-order chi connectivity index (χ0) is 50.6. The molecule has 1 aromatic heterocycles. The number of aromatic nitrogens is 4. The van der Waals surface area contributed by atoms with Gasteiger partial charge in [-0.3, -0.25) is 19.2 Å². The number of esters is 1. The number of allylic oxidation sites excluding steroid dienone is 6. The molecule has 17 nitrogen and oxygen atoms in total. The molecule has 0 spiro atoms. The molecule has 2 saturated heterocycles. The first-order valence-corrected chi connectivity index (χ1v) is 25.0. The Kier molecular flexibility index (Phi) is 20.8. The van der Waals surface area contributed by atoms with E-state index in [2.05, 4.69) is 15.5 Å². The van der Waals surface area contributed by atoms with Crippen LogP contribution < -0.4 is 0 Å². The average molecular weight is 966 g/mol. The maximum Gasteiger partial charge on any atom is 0.329 e. The molecule has 15 atom stereocenters. The number of aliphatic hydroxyl groups excluding tert-OH is 1. The van der Waals surface area contributed by atoms with Crippen molar-refractivity contribution in [3.8, 4) is 0 Å². The van der Waals surface area contributed by atoms with E-state index in [1.165, 1.54) is 12.0 Å². The minimum absolute atomic E-state index is 0.0170. The van der Waals surface area contributed by atoms with Crippen molar-refractivity contribution in [2.75, 3.05) is 27.9 Å². The fourth-order valence-electron chi connectivity index (χ4n) is 10.7. The standard InChI is InChI=1S/C52H79N5O12/c1-31-16-12-11-13-17-32(2)43(65-8)28-39-21-19-37(7)52(64,69-39)49(61)50(62)56-23-15-14-18-41(56)51(63)68-44(34(4)26-38-20-22-40(45(27-38)66-9)57-30-53-54-55-57)29-42(58)33(3)25-36(6)47(60)48(67-10)46(59)35(5)24-31/h11-13,16-17,25,30-31,33-35,37-41,43-45,47-48,60,64H,14-15,18-24,26-29H2,1-10H3/b13-11-,16-12-,32-17-,36-25-/t31-,33-,34-,35-,37-,38+,39+,40+,41+,43+,44+,45-,47-,48+,52-/m1/s1. The Morgan fingerprint density at radius 2 is 1.64 bits per heavy atom. The minimum atomic E-state index is -2.43. The molecular formula is C52H79N5O12. The Hall–Kier alpha value is -4.26. The molecule has 4 aliphatic rings. The summed E-state index contributed by atoms with van der Waals surface area (Å²) in [6.07, 6.45) is 13.9. The van der Waals surface area contributed by atoms with Crippen LogP contribution in [0.15, 0.2) is 53.9 Å². The maximum absolute atomic E-state index is 14.5. The number of cyclic esters (lactones) is 1. The van der Waals surface area contributed by atoms with Gasteiger partial charge in [0.15, 0.2) is 5.78 Å². The van der Waals surface area contributed by atoms with Crippen LogP contribution in [0.5, 0.6) is 0 Å². The topological polar surface area (TPSA) is 219 Å². The van der Waals surface area contributed by atoms with Crippen LogP contribution >= 0.6 is 0 Å². The quantitative estimate of drug-likeness (QED) is 0.181. The lowest BCUT2D eigenvalue weighted by molar-refractivity contribution is -0.265. The number of ketones is 3. The Balaban J connectivity index is 1.46. The summed E-state index contributed by atoms with van der Waals surface area (Å²) in [5.74, 6) is -7.92. The Morgan fingerprint density at radius 3 is 2.32 bits per heavy atom. The van der Waals surface area contributed by atoms with Crippen molar-refractivity contribution in [2.45, 2.75) is 180 Å². The summed E-state index contributed by atoms with van der Waals surface area (Å²) in [4.78, 5) is 72.3. The summed E-state index contributed by atoms with van der Waals surface area (Å²) in [5, 5.41) is 35.2. The van der Waals surface area contributed by atoms with E-state index in [4.69, 9.17) is 23.7 Å². The van der Waals surface area contributed by atoms with Gasteiger partial charge in [0, 0.05) is 58.5 Å². The highest BCUT2D eigenvalue weighted by Gasteiger charge is 2.53. The predicted molar refractivity (Wildman–Crippen MR) is 256 cm³/mol. The Bertz CT molecular complexity index is 2020. The molecule has 0 aromatic carbocycles. The van der Waals surface area contributed by atoms with Gasteiger partial charge in [-0.2, -0.15) is 0 Å². The number of carbonyl (C=O) groups excluding carboxylic acids is 5. The minimum Gasteiger partial charge on any atom is -0.460 e. The molecule has 2 N–H and O–H groups in total. The molecule has 0 unspecified atom stereocenters. The third-order valence-corrected chi connectivity index (χ3v) is 15.2. The van der Waals surface area contributed by atoms with Gasteiger partial charge in [-0.25, -0.2) is 9.48 Å². The van der Waals surface area contributed by atoms with Crippen LogP contribution in [0.2, 0.25) is 0 Å². The maximum atomic E-state index is 14.5. The van der Waals surface area contributed by atoms with Crippen LogP contribution in [0.1, 0.15) is 132 Å². The van der Waals surface area contributed by atoms with Crippen molar-refractivity contribution < 1.29 is 57.9 Å². The van der Waals surface area contributed by atoms with Gasteiger partial charge in [0.05, 0.1) is 24.4 Å². The van der Waals surface area contributed by atoms with Gasteiger partial charge >= 0.3 is 5.97 Å². The number of carbonyl (C=O) groups is 5. The first-order valence-electron chi connectivity index (χ1n) is 25.0. The number of rotatable bonds is 7. The van der Waals surface area contributed by atoms with Crippen molar-refractivity contribution >= 4 is 29.2 Å². The molecule has 1 amide bonds. The number of aliphatic hydroxyl groups is 2. The van der Waals surface area contributed by atoms with E-state index >= 15 is 0 Å². The van der Waals surface area contributed by atoms with Crippen LogP contribution in [0.3, 0.4) is 0 Å².